The molecule has 0 aliphatic carbocycles. The van der Waals surface area contributed by atoms with E-state index in [0.717, 1.165) is 21.4 Å². The Balaban J connectivity index is 2.42. The molecule has 0 saturated carbocycles. The zero-order valence-corrected chi connectivity index (χ0v) is 14.2. The topological polar surface area (TPSA) is 55.0 Å². The smallest absolute Gasteiger partial charge is 0.341 e. The number of ether oxygens (including phenoxy) is 1. The van der Waals surface area contributed by atoms with E-state index >= 15 is 0 Å². The monoisotopic (exact) mass is 350 g/mol. The van der Waals surface area contributed by atoms with E-state index in [1.165, 1.54) is 7.11 Å². The molecule has 0 atom stereocenters. The Morgan fingerprint density at radius 3 is 2.43 bits per heavy atom. The van der Waals surface area contributed by atoms with Gasteiger partial charge in [0.2, 0.25) is 0 Å². The van der Waals surface area contributed by atoms with E-state index in [-0.39, 0.29) is 11.4 Å². The average molecular weight is 351 g/mol. The van der Waals surface area contributed by atoms with Gasteiger partial charge >= 0.3 is 5.97 Å². The lowest BCUT2D eigenvalue weighted by Crippen LogP contribution is -2.18. The number of H-pyrrole nitrogens is 1. The van der Waals surface area contributed by atoms with Gasteiger partial charge < -0.3 is 4.74 Å². The molecule has 5 heteroatoms. The molecule has 0 spiro atoms. The minimum Gasteiger partial charge on any atom is -0.465 e. The van der Waals surface area contributed by atoms with Gasteiger partial charge in [-0.25, -0.2) is 4.79 Å². The summed E-state index contributed by atoms with van der Waals surface area (Å²) in [7, 11) is 1.39. The van der Waals surface area contributed by atoms with E-state index < -0.39 is 0 Å². The quantitative estimate of drug-likeness (QED) is 0.855. The Bertz CT molecular complexity index is 639. The van der Waals surface area contributed by atoms with E-state index in [1.54, 1.807) is 0 Å². The van der Waals surface area contributed by atoms with E-state index in [1.807, 2.05) is 45.0 Å². The fraction of sp³-hybridized carbons (Fsp3) is 0.375. The molecule has 0 fully saturated rings. The fourth-order valence-electron chi connectivity index (χ4n) is 2.18. The van der Waals surface area contributed by atoms with E-state index in [2.05, 4.69) is 26.1 Å². The van der Waals surface area contributed by atoms with Crippen LogP contribution in [0.4, 0.5) is 0 Å². The second kappa shape index (κ2) is 6.02. The molecule has 1 aromatic carbocycles. The van der Waals surface area contributed by atoms with Crippen LogP contribution in [0.25, 0.3) is 0 Å². The van der Waals surface area contributed by atoms with E-state index in [4.69, 9.17) is 4.74 Å². The summed E-state index contributed by atoms with van der Waals surface area (Å²) in [6, 6.07) is 7.99. The molecule has 1 N–H and O–H groups in total. The van der Waals surface area contributed by atoms with Crippen molar-refractivity contribution in [3.63, 3.8) is 0 Å². The first-order valence-corrected chi connectivity index (χ1v) is 7.52. The van der Waals surface area contributed by atoms with Gasteiger partial charge in [0.15, 0.2) is 0 Å². The molecule has 2 rings (SSSR count). The fourth-order valence-corrected chi connectivity index (χ4v) is 2.44. The van der Waals surface area contributed by atoms with Crippen molar-refractivity contribution in [2.45, 2.75) is 32.6 Å². The molecule has 112 valence electrons. The van der Waals surface area contributed by atoms with Crippen LogP contribution >= 0.6 is 15.9 Å². The lowest BCUT2D eigenvalue weighted by Gasteiger charge is -2.16. The van der Waals surface area contributed by atoms with Crippen molar-refractivity contribution in [3.8, 4) is 0 Å². The third-order valence-electron chi connectivity index (χ3n) is 3.24. The highest BCUT2D eigenvalue weighted by molar-refractivity contribution is 9.10. The summed E-state index contributed by atoms with van der Waals surface area (Å²) >= 11 is 3.42. The van der Waals surface area contributed by atoms with Crippen molar-refractivity contribution in [2.24, 2.45) is 0 Å². The molecule has 0 unspecified atom stereocenters. The van der Waals surface area contributed by atoms with Crippen molar-refractivity contribution in [3.05, 3.63) is 51.3 Å². The van der Waals surface area contributed by atoms with Crippen LogP contribution in [-0.2, 0) is 16.6 Å². The van der Waals surface area contributed by atoms with Gasteiger partial charge in [0.05, 0.1) is 18.5 Å². The van der Waals surface area contributed by atoms with Gasteiger partial charge in [0.1, 0.15) is 5.56 Å². The zero-order chi connectivity index (χ0) is 15.6. The molecule has 2 aromatic rings. The van der Waals surface area contributed by atoms with Crippen molar-refractivity contribution < 1.29 is 9.53 Å². The molecule has 1 heterocycles. The largest absolute Gasteiger partial charge is 0.465 e. The normalized spacial score (nSPS) is 11.5. The van der Waals surface area contributed by atoms with Crippen molar-refractivity contribution >= 4 is 21.9 Å². The number of halogens is 1. The highest BCUT2D eigenvalue weighted by atomic mass is 79.9. The van der Waals surface area contributed by atoms with Crippen LogP contribution in [0.5, 0.6) is 0 Å². The predicted molar refractivity (Wildman–Crippen MR) is 85.6 cm³/mol. The van der Waals surface area contributed by atoms with Gasteiger partial charge in [-0.1, -0.05) is 48.8 Å². The SMILES string of the molecule is COC(=O)c1c(C(C)(C)C)n[nH]c1Cc1ccc(Br)cc1. The molecular weight excluding hydrogens is 332 g/mol. The standard InChI is InChI=1S/C16H19BrN2O2/c1-16(2,3)14-13(15(20)21-4)12(18-19-14)9-10-5-7-11(17)8-6-10/h5-8H,9H2,1-4H3,(H,18,19). The summed E-state index contributed by atoms with van der Waals surface area (Å²) in [5.41, 5.74) is 2.95. The molecule has 0 saturated heterocycles. The molecule has 0 amide bonds. The van der Waals surface area contributed by atoms with Crippen LogP contribution in [0.2, 0.25) is 0 Å². The Kier molecular flexibility index (Phi) is 4.52. The van der Waals surface area contributed by atoms with Crippen LogP contribution in [0.1, 0.15) is 48.1 Å². The number of nitrogens with one attached hydrogen (secondary N) is 1. The van der Waals surface area contributed by atoms with Crippen LogP contribution in [0, 0.1) is 0 Å². The average Bonchev–Trinajstić information content (AvgIpc) is 2.84. The Morgan fingerprint density at radius 1 is 1.29 bits per heavy atom. The number of carbonyl (C=O) groups is 1. The van der Waals surface area contributed by atoms with Gasteiger partial charge in [-0.3, -0.25) is 5.10 Å². The van der Waals surface area contributed by atoms with Crippen molar-refractivity contribution in [1.29, 1.82) is 0 Å². The lowest BCUT2D eigenvalue weighted by molar-refractivity contribution is 0.0597. The third kappa shape index (κ3) is 3.53. The zero-order valence-electron chi connectivity index (χ0n) is 12.7. The number of methoxy groups -OCH3 is 1. The van der Waals surface area contributed by atoms with E-state index in [9.17, 15) is 4.79 Å². The molecule has 4 nitrogen and oxygen atoms in total. The first kappa shape index (κ1) is 15.8. The summed E-state index contributed by atoms with van der Waals surface area (Å²) in [6.07, 6.45) is 0.612. The van der Waals surface area contributed by atoms with Crippen LogP contribution < -0.4 is 0 Å². The second-order valence-electron chi connectivity index (χ2n) is 5.97. The maximum absolute atomic E-state index is 12.1. The number of benzene rings is 1. The van der Waals surface area contributed by atoms with Gasteiger partial charge in [0.25, 0.3) is 0 Å². The van der Waals surface area contributed by atoms with Gasteiger partial charge in [0, 0.05) is 16.3 Å². The molecule has 1 aromatic heterocycles. The lowest BCUT2D eigenvalue weighted by atomic mass is 9.88. The van der Waals surface area contributed by atoms with Crippen molar-refractivity contribution in [1.82, 2.24) is 10.2 Å². The predicted octanol–water partition coefficient (Wildman–Crippen LogP) is 3.85. The Hall–Kier alpha value is -1.62. The molecule has 0 aliphatic rings. The Morgan fingerprint density at radius 2 is 1.90 bits per heavy atom. The number of esters is 1. The summed E-state index contributed by atoms with van der Waals surface area (Å²) in [6.45, 7) is 6.08. The molecule has 0 aliphatic heterocycles. The minimum absolute atomic E-state index is 0.224. The van der Waals surface area contributed by atoms with Crippen LogP contribution in [-0.4, -0.2) is 23.3 Å². The van der Waals surface area contributed by atoms with Gasteiger partial charge in [-0.05, 0) is 17.7 Å². The number of nitrogens with zero attached hydrogens (tertiary/aromatic N) is 1. The van der Waals surface area contributed by atoms with E-state index in [0.29, 0.717) is 12.0 Å². The first-order valence-electron chi connectivity index (χ1n) is 6.73. The highest BCUT2D eigenvalue weighted by Gasteiger charge is 2.28. The molecule has 0 bridgehead atoms. The number of aromatic amines is 1. The van der Waals surface area contributed by atoms with Crippen LogP contribution in [0.3, 0.4) is 0 Å². The van der Waals surface area contributed by atoms with Gasteiger partial charge in [-0.2, -0.15) is 5.10 Å². The number of hydrogen-bond donors (Lipinski definition) is 1. The van der Waals surface area contributed by atoms with Gasteiger partial charge in [-0.15, -0.1) is 0 Å². The number of aromatic nitrogens is 2. The third-order valence-corrected chi connectivity index (χ3v) is 3.76. The summed E-state index contributed by atoms with van der Waals surface area (Å²) < 4.78 is 5.95. The molecule has 0 radical (unpaired) electrons. The highest BCUT2D eigenvalue weighted by Crippen LogP contribution is 2.27. The second-order valence-corrected chi connectivity index (χ2v) is 6.89. The van der Waals surface area contributed by atoms with Crippen molar-refractivity contribution in [2.75, 3.05) is 7.11 Å². The summed E-state index contributed by atoms with van der Waals surface area (Å²) in [5, 5.41) is 7.33. The summed E-state index contributed by atoms with van der Waals surface area (Å²) in [4.78, 5) is 12.1. The number of rotatable bonds is 3. The molecular formula is C16H19BrN2O2. The Labute approximate surface area is 133 Å². The minimum atomic E-state index is -0.346. The maximum atomic E-state index is 12.1. The summed E-state index contributed by atoms with van der Waals surface area (Å²) in [5.74, 6) is -0.346. The first-order chi connectivity index (χ1) is 9.82. The maximum Gasteiger partial charge on any atom is 0.341 e. The number of carbonyl (C=O) groups excluding carboxylic acids is 1. The van der Waals surface area contributed by atoms with Crippen LogP contribution in [0.15, 0.2) is 28.7 Å². The number of hydrogen-bond acceptors (Lipinski definition) is 3. The molecule has 21 heavy (non-hydrogen) atoms.